The number of H-pyrrole nitrogens is 1. The highest BCUT2D eigenvalue weighted by Crippen LogP contribution is 2.24. The fourth-order valence-corrected chi connectivity index (χ4v) is 1.53. The van der Waals surface area contributed by atoms with Gasteiger partial charge in [0.15, 0.2) is 0 Å². The van der Waals surface area contributed by atoms with Crippen molar-refractivity contribution in [2.75, 3.05) is 7.11 Å². The largest absolute Gasteiger partial charge is 0.494 e. The van der Waals surface area contributed by atoms with Crippen LogP contribution in [0.4, 0.5) is 0 Å². The molecule has 2 aromatic heterocycles. The Balaban J connectivity index is 2.58. The number of nitrogens with zero attached hydrogens (tertiary/aromatic N) is 1. The van der Waals surface area contributed by atoms with E-state index in [9.17, 15) is 0 Å². The van der Waals surface area contributed by atoms with Crippen LogP contribution < -0.4 is 4.74 Å². The van der Waals surface area contributed by atoms with Gasteiger partial charge in [-0.3, -0.25) is 4.98 Å². The van der Waals surface area contributed by atoms with Crippen LogP contribution in [-0.2, 0) is 0 Å². The van der Waals surface area contributed by atoms with E-state index >= 15 is 0 Å². The van der Waals surface area contributed by atoms with Gasteiger partial charge in [-0.1, -0.05) is 18.3 Å². The summed E-state index contributed by atoms with van der Waals surface area (Å²) in [4.78, 5) is 7.33. The molecule has 2 heterocycles. The van der Waals surface area contributed by atoms with Crippen LogP contribution in [0.15, 0.2) is 36.5 Å². The first-order valence-corrected chi connectivity index (χ1v) is 4.91. The maximum absolute atomic E-state index is 5.22. The summed E-state index contributed by atoms with van der Waals surface area (Å²) in [6.45, 7) is 0. The normalized spacial score (nSPS) is 9.93. The minimum absolute atomic E-state index is 0.681. The van der Waals surface area contributed by atoms with Crippen molar-refractivity contribution in [1.29, 1.82) is 0 Å². The fraction of sp³-hybridized carbons (Fsp3) is 0.0909. The monoisotopic (exact) mass is 218 g/mol. The highest BCUT2D eigenvalue weighted by molar-refractivity contribution is 7.71. The molecular weight excluding hydrogens is 208 g/mol. The van der Waals surface area contributed by atoms with Gasteiger partial charge < -0.3 is 9.72 Å². The third kappa shape index (κ3) is 2.05. The first-order chi connectivity index (χ1) is 7.31. The molecule has 2 rings (SSSR count). The summed E-state index contributed by atoms with van der Waals surface area (Å²) < 4.78 is 5.90. The molecule has 0 atom stereocenters. The first-order valence-electron chi connectivity index (χ1n) is 4.50. The van der Waals surface area contributed by atoms with Crippen molar-refractivity contribution in [3.63, 3.8) is 0 Å². The molecule has 4 heteroatoms. The molecule has 2 aromatic rings. The van der Waals surface area contributed by atoms with Crippen LogP contribution in [0.1, 0.15) is 0 Å². The zero-order valence-electron chi connectivity index (χ0n) is 8.23. The summed E-state index contributed by atoms with van der Waals surface area (Å²) in [7, 11) is 1.62. The van der Waals surface area contributed by atoms with Crippen LogP contribution in [0, 0.1) is 4.64 Å². The third-order valence-electron chi connectivity index (χ3n) is 2.01. The number of nitrogens with one attached hydrogen (secondary N) is 1. The van der Waals surface area contributed by atoms with Crippen molar-refractivity contribution in [3.05, 3.63) is 41.2 Å². The second kappa shape index (κ2) is 4.23. The zero-order valence-corrected chi connectivity index (χ0v) is 9.04. The molecule has 0 aliphatic heterocycles. The Kier molecular flexibility index (Phi) is 2.78. The molecule has 0 amide bonds. The summed E-state index contributed by atoms with van der Waals surface area (Å²) >= 11 is 5.05. The van der Waals surface area contributed by atoms with E-state index in [-0.39, 0.29) is 0 Å². The number of ether oxygens (including phenoxy) is 1. The van der Waals surface area contributed by atoms with Crippen LogP contribution in [0.3, 0.4) is 0 Å². The van der Waals surface area contributed by atoms with Crippen LogP contribution in [0.5, 0.6) is 5.75 Å². The summed E-state index contributed by atoms with van der Waals surface area (Å²) in [6.07, 6.45) is 1.72. The van der Waals surface area contributed by atoms with Gasteiger partial charge in [0.1, 0.15) is 16.1 Å². The average Bonchev–Trinajstić information content (AvgIpc) is 2.29. The molecule has 0 aromatic carbocycles. The molecule has 0 saturated carbocycles. The minimum Gasteiger partial charge on any atom is -0.494 e. The number of hydrogen-bond acceptors (Lipinski definition) is 3. The van der Waals surface area contributed by atoms with Crippen LogP contribution in [-0.4, -0.2) is 17.1 Å². The van der Waals surface area contributed by atoms with Gasteiger partial charge in [-0.2, -0.15) is 0 Å². The number of hydrogen-bond donors (Lipinski definition) is 1. The lowest BCUT2D eigenvalue weighted by molar-refractivity contribution is 0.414. The second-order valence-corrected chi connectivity index (χ2v) is 3.42. The number of aromatic nitrogens is 2. The van der Waals surface area contributed by atoms with E-state index in [1.54, 1.807) is 13.3 Å². The van der Waals surface area contributed by atoms with E-state index in [0.29, 0.717) is 4.64 Å². The number of rotatable bonds is 2. The Morgan fingerprint density at radius 2 is 2.13 bits per heavy atom. The summed E-state index contributed by atoms with van der Waals surface area (Å²) in [5, 5.41) is 0. The third-order valence-corrected chi connectivity index (χ3v) is 2.25. The zero-order chi connectivity index (χ0) is 10.7. The Labute approximate surface area is 92.8 Å². The lowest BCUT2D eigenvalue weighted by atomic mass is 10.2. The van der Waals surface area contributed by atoms with E-state index in [0.717, 1.165) is 17.1 Å². The molecule has 0 fully saturated rings. The van der Waals surface area contributed by atoms with Crippen LogP contribution >= 0.6 is 12.2 Å². The average molecular weight is 218 g/mol. The van der Waals surface area contributed by atoms with E-state index < -0.39 is 0 Å². The van der Waals surface area contributed by atoms with Gasteiger partial charge in [0.25, 0.3) is 0 Å². The minimum atomic E-state index is 0.681. The summed E-state index contributed by atoms with van der Waals surface area (Å²) in [6, 6.07) is 9.34. The standard InChI is InChI=1S/C11H10N2OS/c1-14-9-5-3-7-12-11(9)8-4-2-6-10(15)13-8/h2-7H,1H3,(H,13,15). The molecule has 15 heavy (non-hydrogen) atoms. The summed E-state index contributed by atoms with van der Waals surface area (Å²) in [5.74, 6) is 0.731. The number of aromatic amines is 1. The number of methoxy groups -OCH3 is 1. The molecule has 0 unspecified atom stereocenters. The first kappa shape index (κ1) is 9.86. The molecule has 0 aliphatic carbocycles. The Morgan fingerprint density at radius 3 is 2.87 bits per heavy atom. The smallest absolute Gasteiger partial charge is 0.146 e. The predicted molar refractivity (Wildman–Crippen MR) is 61.4 cm³/mol. The van der Waals surface area contributed by atoms with Gasteiger partial charge in [0, 0.05) is 6.20 Å². The highest BCUT2D eigenvalue weighted by Gasteiger charge is 2.05. The van der Waals surface area contributed by atoms with Crippen molar-refractivity contribution in [2.45, 2.75) is 0 Å². The summed E-state index contributed by atoms with van der Waals surface area (Å²) in [5.41, 5.74) is 1.63. The van der Waals surface area contributed by atoms with Gasteiger partial charge in [-0.25, -0.2) is 0 Å². The fourth-order valence-electron chi connectivity index (χ4n) is 1.34. The van der Waals surface area contributed by atoms with Crippen molar-refractivity contribution >= 4 is 12.2 Å². The predicted octanol–water partition coefficient (Wildman–Crippen LogP) is 2.81. The van der Waals surface area contributed by atoms with E-state index in [4.69, 9.17) is 17.0 Å². The van der Waals surface area contributed by atoms with Gasteiger partial charge in [-0.05, 0) is 24.3 Å². The molecule has 0 spiro atoms. The van der Waals surface area contributed by atoms with Gasteiger partial charge >= 0.3 is 0 Å². The Hall–Kier alpha value is -1.68. The van der Waals surface area contributed by atoms with E-state index in [2.05, 4.69) is 9.97 Å². The topological polar surface area (TPSA) is 37.9 Å². The maximum atomic E-state index is 5.22. The lowest BCUT2D eigenvalue weighted by Gasteiger charge is -2.06. The Morgan fingerprint density at radius 1 is 1.27 bits per heavy atom. The van der Waals surface area contributed by atoms with Crippen LogP contribution in [0.2, 0.25) is 0 Å². The van der Waals surface area contributed by atoms with Crippen molar-refractivity contribution in [3.8, 4) is 17.1 Å². The second-order valence-electron chi connectivity index (χ2n) is 2.98. The molecule has 3 nitrogen and oxygen atoms in total. The van der Waals surface area contributed by atoms with Crippen molar-refractivity contribution in [2.24, 2.45) is 0 Å². The highest BCUT2D eigenvalue weighted by atomic mass is 32.1. The number of pyridine rings is 2. The molecule has 76 valence electrons. The van der Waals surface area contributed by atoms with E-state index in [1.165, 1.54) is 0 Å². The SMILES string of the molecule is COc1cccnc1-c1cccc(=S)[nH]1. The van der Waals surface area contributed by atoms with E-state index in [1.807, 2.05) is 30.3 Å². The molecule has 0 aliphatic rings. The lowest BCUT2D eigenvalue weighted by Crippen LogP contribution is -1.92. The quantitative estimate of drug-likeness (QED) is 0.788. The molecule has 0 saturated heterocycles. The Bertz CT molecular complexity index is 522. The van der Waals surface area contributed by atoms with Gasteiger partial charge in [0.2, 0.25) is 0 Å². The maximum Gasteiger partial charge on any atom is 0.146 e. The molecule has 0 radical (unpaired) electrons. The molecule has 0 bridgehead atoms. The molecule has 1 N–H and O–H groups in total. The van der Waals surface area contributed by atoms with Crippen LogP contribution in [0.25, 0.3) is 11.4 Å². The molecular formula is C11H10N2OS. The van der Waals surface area contributed by atoms with Crippen molar-refractivity contribution < 1.29 is 4.74 Å². The van der Waals surface area contributed by atoms with Gasteiger partial charge in [-0.15, -0.1) is 0 Å². The van der Waals surface area contributed by atoms with Crippen molar-refractivity contribution in [1.82, 2.24) is 9.97 Å². The van der Waals surface area contributed by atoms with Gasteiger partial charge in [0.05, 0.1) is 12.8 Å².